The van der Waals surface area contributed by atoms with Crippen LogP contribution < -0.4 is 11.1 Å². The molecule has 1 aliphatic heterocycles. The zero-order chi connectivity index (χ0) is 15.1. The minimum Gasteiger partial charge on any atom is -0.353 e. The molecule has 0 aromatic carbocycles. The van der Waals surface area contributed by atoms with Crippen molar-refractivity contribution in [2.45, 2.75) is 45.7 Å². The van der Waals surface area contributed by atoms with E-state index in [2.05, 4.69) is 36.0 Å². The Morgan fingerprint density at radius 2 is 1.81 bits per heavy atom. The van der Waals surface area contributed by atoms with Crippen molar-refractivity contribution in [3.8, 4) is 0 Å². The molecule has 1 fully saturated rings. The van der Waals surface area contributed by atoms with E-state index < -0.39 is 0 Å². The molecular weight excluding hydrogens is 288 g/mol. The van der Waals surface area contributed by atoms with Gasteiger partial charge in [-0.15, -0.1) is 12.4 Å². The molecule has 6 heteroatoms. The van der Waals surface area contributed by atoms with E-state index in [9.17, 15) is 4.79 Å². The summed E-state index contributed by atoms with van der Waals surface area (Å²) >= 11 is 0. The highest BCUT2D eigenvalue weighted by atomic mass is 35.5. The molecule has 1 aliphatic rings. The van der Waals surface area contributed by atoms with Gasteiger partial charge < -0.3 is 16.0 Å². The number of halogens is 1. The molecule has 0 bridgehead atoms. The van der Waals surface area contributed by atoms with E-state index in [4.69, 9.17) is 5.73 Å². The van der Waals surface area contributed by atoms with Crippen LogP contribution in [-0.4, -0.2) is 67.6 Å². The number of piperazine rings is 1. The van der Waals surface area contributed by atoms with Crippen LogP contribution in [0, 0.1) is 5.92 Å². The second-order valence-corrected chi connectivity index (χ2v) is 6.29. The molecule has 0 saturated carbocycles. The van der Waals surface area contributed by atoms with Crippen LogP contribution in [-0.2, 0) is 4.79 Å². The van der Waals surface area contributed by atoms with Gasteiger partial charge in [0, 0.05) is 38.8 Å². The summed E-state index contributed by atoms with van der Waals surface area (Å²) in [4.78, 5) is 16.8. The van der Waals surface area contributed by atoms with Crippen LogP contribution in [0.25, 0.3) is 0 Å². The van der Waals surface area contributed by atoms with Crippen molar-refractivity contribution >= 4 is 18.3 Å². The van der Waals surface area contributed by atoms with E-state index in [1.165, 1.54) is 0 Å². The first-order chi connectivity index (χ1) is 9.45. The fourth-order valence-electron chi connectivity index (χ4n) is 2.72. The summed E-state index contributed by atoms with van der Waals surface area (Å²) in [6.07, 6.45) is 1.70. The molecule has 0 aromatic heterocycles. The van der Waals surface area contributed by atoms with Crippen molar-refractivity contribution in [3.63, 3.8) is 0 Å². The Bertz CT molecular complexity index is 293. The highest BCUT2D eigenvalue weighted by Crippen LogP contribution is 2.13. The molecule has 2 unspecified atom stereocenters. The molecule has 1 heterocycles. The van der Waals surface area contributed by atoms with Gasteiger partial charge in [-0.05, 0) is 19.4 Å². The van der Waals surface area contributed by atoms with E-state index in [1.54, 1.807) is 0 Å². The first-order valence-corrected chi connectivity index (χ1v) is 7.91. The molecular formula is C15H33ClN4O. The minimum atomic E-state index is -0.361. The Balaban J connectivity index is 0.00000400. The lowest BCUT2D eigenvalue weighted by Gasteiger charge is -2.40. The number of nitrogens with zero attached hydrogens (tertiary/aromatic N) is 2. The summed E-state index contributed by atoms with van der Waals surface area (Å²) in [5.41, 5.74) is 5.85. The second-order valence-electron chi connectivity index (χ2n) is 6.29. The lowest BCUT2D eigenvalue weighted by Crippen LogP contribution is -2.55. The van der Waals surface area contributed by atoms with Gasteiger partial charge in [0.15, 0.2) is 0 Å². The number of hydrogen-bond donors (Lipinski definition) is 2. The Morgan fingerprint density at radius 1 is 1.24 bits per heavy atom. The number of likely N-dealkylation sites (N-methyl/N-ethyl adjacent to an activating group) is 1. The van der Waals surface area contributed by atoms with Crippen molar-refractivity contribution in [2.75, 3.05) is 39.8 Å². The molecule has 0 radical (unpaired) electrons. The molecule has 21 heavy (non-hydrogen) atoms. The number of hydrogen-bond acceptors (Lipinski definition) is 4. The first-order valence-electron chi connectivity index (χ1n) is 7.91. The molecule has 0 aromatic rings. The van der Waals surface area contributed by atoms with Crippen molar-refractivity contribution in [1.82, 2.24) is 15.1 Å². The second kappa shape index (κ2) is 10.4. The molecule has 3 N–H and O–H groups in total. The monoisotopic (exact) mass is 320 g/mol. The Kier molecular flexibility index (Phi) is 10.2. The maximum atomic E-state index is 11.9. The topological polar surface area (TPSA) is 61.6 Å². The van der Waals surface area contributed by atoms with Crippen LogP contribution in [0.1, 0.15) is 33.6 Å². The SMILES string of the molecule is CCCC(N)C(=O)NCC(C(C)C)N1CCN(C)CC1.Cl. The predicted molar refractivity (Wildman–Crippen MR) is 90.8 cm³/mol. The van der Waals surface area contributed by atoms with E-state index in [-0.39, 0.29) is 24.4 Å². The zero-order valence-corrected chi connectivity index (χ0v) is 14.8. The number of amides is 1. The average Bonchev–Trinajstić information content (AvgIpc) is 2.40. The van der Waals surface area contributed by atoms with Gasteiger partial charge in [0.25, 0.3) is 0 Å². The van der Waals surface area contributed by atoms with Gasteiger partial charge in [-0.3, -0.25) is 9.69 Å². The summed E-state index contributed by atoms with van der Waals surface area (Å²) < 4.78 is 0. The van der Waals surface area contributed by atoms with Gasteiger partial charge in [0.05, 0.1) is 6.04 Å². The Hall–Kier alpha value is -0.360. The van der Waals surface area contributed by atoms with Gasteiger partial charge in [0.1, 0.15) is 0 Å². The summed E-state index contributed by atoms with van der Waals surface area (Å²) in [6, 6.07) is 0.0433. The first kappa shape index (κ1) is 20.6. The fraction of sp³-hybridized carbons (Fsp3) is 0.933. The normalized spacial score (nSPS) is 19.9. The zero-order valence-electron chi connectivity index (χ0n) is 14.0. The maximum Gasteiger partial charge on any atom is 0.236 e. The van der Waals surface area contributed by atoms with Gasteiger partial charge in [0.2, 0.25) is 5.91 Å². The van der Waals surface area contributed by atoms with Crippen LogP contribution in [0.5, 0.6) is 0 Å². The quantitative estimate of drug-likeness (QED) is 0.732. The number of nitrogens with two attached hydrogens (primary N) is 1. The smallest absolute Gasteiger partial charge is 0.236 e. The van der Waals surface area contributed by atoms with Gasteiger partial charge in [-0.1, -0.05) is 27.2 Å². The number of rotatable bonds is 7. The van der Waals surface area contributed by atoms with Crippen molar-refractivity contribution < 1.29 is 4.79 Å². The Labute approximate surface area is 136 Å². The standard InChI is InChI=1S/C15H32N4O.ClH/c1-5-6-13(16)15(20)17-11-14(12(2)3)19-9-7-18(4)8-10-19;/h12-14H,5-11,16H2,1-4H3,(H,17,20);1H. The summed E-state index contributed by atoms with van der Waals surface area (Å²) in [7, 11) is 2.16. The van der Waals surface area contributed by atoms with Gasteiger partial charge in [-0.25, -0.2) is 0 Å². The van der Waals surface area contributed by atoms with Crippen LogP contribution in [0.3, 0.4) is 0 Å². The summed E-state index contributed by atoms with van der Waals surface area (Å²) in [6.45, 7) is 11.6. The largest absolute Gasteiger partial charge is 0.353 e. The predicted octanol–water partition coefficient (Wildman–Crippen LogP) is 0.924. The maximum absolute atomic E-state index is 11.9. The summed E-state index contributed by atoms with van der Waals surface area (Å²) in [5, 5.41) is 3.04. The summed E-state index contributed by atoms with van der Waals surface area (Å²) in [5.74, 6) is 0.521. The molecule has 1 rings (SSSR count). The third-order valence-corrected chi connectivity index (χ3v) is 4.20. The molecule has 0 aliphatic carbocycles. The van der Waals surface area contributed by atoms with Crippen LogP contribution in [0.4, 0.5) is 0 Å². The third-order valence-electron chi connectivity index (χ3n) is 4.20. The van der Waals surface area contributed by atoms with Gasteiger partial charge >= 0.3 is 0 Å². The van der Waals surface area contributed by atoms with Crippen molar-refractivity contribution in [2.24, 2.45) is 11.7 Å². The molecule has 0 spiro atoms. The van der Waals surface area contributed by atoms with Crippen LogP contribution >= 0.6 is 12.4 Å². The lowest BCUT2D eigenvalue weighted by atomic mass is 10.0. The van der Waals surface area contributed by atoms with Gasteiger partial charge in [-0.2, -0.15) is 0 Å². The number of nitrogens with one attached hydrogen (secondary N) is 1. The van der Waals surface area contributed by atoms with Crippen molar-refractivity contribution in [1.29, 1.82) is 0 Å². The number of carbonyl (C=O) groups is 1. The third kappa shape index (κ3) is 6.96. The molecule has 2 atom stereocenters. The van der Waals surface area contributed by atoms with E-state index in [0.29, 0.717) is 18.5 Å². The van der Waals surface area contributed by atoms with Crippen molar-refractivity contribution in [3.05, 3.63) is 0 Å². The van der Waals surface area contributed by atoms with Crippen LogP contribution in [0.15, 0.2) is 0 Å². The number of carbonyl (C=O) groups excluding carboxylic acids is 1. The van der Waals surface area contributed by atoms with E-state index in [0.717, 1.165) is 39.0 Å². The average molecular weight is 321 g/mol. The molecule has 1 amide bonds. The molecule has 1 saturated heterocycles. The van der Waals surface area contributed by atoms with E-state index >= 15 is 0 Å². The fourth-order valence-corrected chi connectivity index (χ4v) is 2.72. The highest BCUT2D eigenvalue weighted by Gasteiger charge is 2.25. The van der Waals surface area contributed by atoms with Crippen LogP contribution in [0.2, 0.25) is 0 Å². The van der Waals surface area contributed by atoms with E-state index in [1.807, 2.05) is 6.92 Å². The Morgan fingerprint density at radius 3 is 2.29 bits per heavy atom. The minimum absolute atomic E-state index is 0. The molecule has 126 valence electrons. The highest BCUT2D eigenvalue weighted by molar-refractivity contribution is 5.85. The lowest BCUT2D eigenvalue weighted by molar-refractivity contribution is -0.122. The molecule has 5 nitrogen and oxygen atoms in total.